The zero-order valence-corrected chi connectivity index (χ0v) is 23.1. The van der Waals surface area contributed by atoms with Gasteiger partial charge < -0.3 is 29.2 Å². The third-order valence-electron chi connectivity index (χ3n) is 6.56. The number of rotatable bonds is 10. The lowest BCUT2D eigenvalue weighted by Crippen LogP contribution is -2.52. The van der Waals surface area contributed by atoms with Gasteiger partial charge in [0, 0.05) is 12.1 Å². The Morgan fingerprint density at radius 2 is 1.85 bits per heavy atom. The molecule has 8 nitrogen and oxygen atoms in total. The SMILES string of the molecule is COc1cc(/C=C/c2cccc(C3=C/C=C/OCCO\C(C)=C\3)c2C)cc(OC)c1CNC(C)(CO)C(=O)O. The van der Waals surface area contributed by atoms with E-state index in [1.165, 1.54) is 6.92 Å². The molecule has 39 heavy (non-hydrogen) atoms. The summed E-state index contributed by atoms with van der Waals surface area (Å²) in [5.41, 5.74) is 4.24. The zero-order chi connectivity index (χ0) is 28.4. The summed E-state index contributed by atoms with van der Waals surface area (Å²) in [6.07, 6.45) is 11.6. The number of carboxylic acids is 1. The summed E-state index contributed by atoms with van der Waals surface area (Å²) in [6, 6.07) is 9.88. The first-order chi connectivity index (χ1) is 18.7. The second kappa shape index (κ2) is 13.7. The fourth-order valence-electron chi connectivity index (χ4n) is 4.08. The molecule has 0 aromatic heterocycles. The van der Waals surface area contributed by atoms with Crippen LogP contribution in [0.2, 0.25) is 0 Å². The van der Waals surface area contributed by atoms with Gasteiger partial charge in [-0.3, -0.25) is 10.1 Å². The molecule has 1 atom stereocenters. The second-order valence-electron chi connectivity index (χ2n) is 9.33. The summed E-state index contributed by atoms with van der Waals surface area (Å²) in [5, 5.41) is 21.9. The van der Waals surface area contributed by atoms with Crippen LogP contribution in [0.1, 0.15) is 41.7 Å². The molecule has 1 unspecified atom stereocenters. The normalized spacial score (nSPS) is 18.9. The maximum absolute atomic E-state index is 11.6. The summed E-state index contributed by atoms with van der Waals surface area (Å²) in [7, 11) is 3.10. The monoisotopic (exact) mass is 535 g/mol. The van der Waals surface area contributed by atoms with Crippen molar-refractivity contribution in [1.29, 1.82) is 0 Å². The van der Waals surface area contributed by atoms with E-state index in [2.05, 4.69) is 24.4 Å². The van der Waals surface area contributed by atoms with Gasteiger partial charge in [0.25, 0.3) is 0 Å². The molecule has 1 heterocycles. The molecule has 0 radical (unpaired) electrons. The number of methoxy groups -OCH3 is 2. The van der Waals surface area contributed by atoms with Gasteiger partial charge in [0.15, 0.2) is 0 Å². The van der Waals surface area contributed by atoms with E-state index in [0.717, 1.165) is 33.6 Å². The maximum atomic E-state index is 11.6. The predicted molar refractivity (Wildman–Crippen MR) is 152 cm³/mol. The fourth-order valence-corrected chi connectivity index (χ4v) is 4.08. The average molecular weight is 536 g/mol. The van der Waals surface area contributed by atoms with Gasteiger partial charge in [-0.2, -0.15) is 0 Å². The summed E-state index contributed by atoms with van der Waals surface area (Å²) in [4.78, 5) is 11.6. The van der Waals surface area contributed by atoms with E-state index in [-0.39, 0.29) is 6.54 Å². The van der Waals surface area contributed by atoms with E-state index in [4.69, 9.17) is 18.9 Å². The van der Waals surface area contributed by atoms with Gasteiger partial charge in [-0.25, -0.2) is 0 Å². The lowest BCUT2D eigenvalue weighted by atomic mass is 9.95. The Balaban J connectivity index is 1.93. The molecule has 2 aromatic rings. The first-order valence-electron chi connectivity index (χ1n) is 12.6. The van der Waals surface area contributed by atoms with Crippen LogP contribution in [-0.2, 0) is 20.8 Å². The van der Waals surface area contributed by atoms with E-state index in [1.54, 1.807) is 20.5 Å². The average Bonchev–Trinajstić information content (AvgIpc) is 2.94. The Morgan fingerprint density at radius 3 is 2.49 bits per heavy atom. The number of aliphatic hydroxyl groups excluding tert-OH is 1. The molecule has 2 aromatic carbocycles. The standard InChI is InChI=1S/C31H37NO7/c1-21-16-25(9-7-13-38-14-15-39-21)26-10-6-8-24(22(26)2)12-11-23-17-28(36-4)27(29(18-23)37-5)19-32-31(3,20-33)30(34)35/h6-13,16-18,32-33H,14-15,19-20H2,1-5H3,(H,34,35)/b12-11+,13-7+,21-16+,25-9+. The summed E-state index contributed by atoms with van der Waals surface area (Å²) in [6.45, 7) is 6.00. The van der Waals surface area contributed by atoms with E-state index in [9.17, 15) is 15.0 Å². The third-order valence-corrected chi connectivity index (χ3v) is 6.56. The maximum Gasteiger partial charge on any atom is 0.326 e. The number of carboxylic acid groups (broad SMARTS) is 1. The van der Waals surface area contributed by atoms with Crippen LogP contribution in [0, 0.1) is 6.92 Å². The quantitative estimate of drug-likeness (QED) is 0.367. The van der Waals surface area contributed by atoms with Crippen LogP contribution in [0.5, 0.6) is 11.5 Å². The molecule has 0 saturated carbocycles. The van der Waals surface area contributed by atoms with E-state index in [0.29, 0.717) is 30.3 Å². The zero-order valence-electron chi connectivity index (χ0n) is 23.1. The highest BCUT2D eigenvalue weighted by molar-refractivity contribution is 5.82. The van der Waals surface area contributed by atoms with Crippen molar-refractivity contribution in [3.8, 4) is 11.5 Å². The molecular weight excluding hydrogens is 498 g/mol. The van der Waals surface area contributed by atoms with Crippen LogP contribution in [0.25, 0.3) is 17.7 Å². The molecule has 1 aliphatic rings. The Labute approximate surface area is 229 Å². The van der Waals surface area contributed by atoms with Gasteiger partial charge in [0.1, 0.15) is 30.3 Å². The van der Waals surface area contributed by atoms with Gasteiger partial charge in [0.05, 0.1) is 32.8 Å². The van der Waals surface area contributed by atoms with Crippen molar-refractivity contribution in [2.24, 2.45) is 0 Å². The van der Waals surface area contributed by atoms with Crippen LogP contribution in [0.15, 0.2) is 60.6 Å². The molecule has 0 fully saturated rings. The van der Waals surface area contributed by atoms with Gasteiger partial charge in [0.2, 0.25) is 0 Å². The number of nitrogens with one attached hydrogen (secondary N) is 1. The number of benzene rings is 2. The van der Waals surface area contributed by atoms with E-state index >= 15 is 0 Å². The van der Waals surface area contributed by atoms with Crippen molar-refractivity contribution in [1.82, 2.24) is 5.32 Å². The smallest absolute Gasteiger partial charge is 0.326 e. The van der Waals surface area contributed by atoms with Gasteiger partial charge in [-0.05, 0) is 72.9 Å². The lowest BCUT2D eigenvalue weighted by Gasteiger charge is -2.25. The molecule has 3 rings (SSSR count). The van der Waals surface area contributed by atoms with E-state index < -0.39 is 18.1 Å². The van der Waals surface area contributed by atoms with Crippen LogP contribution in [0.4, 0.5) is 0 Å². The topological polar surface area (TPSA) is 106 Å². The van der Waals surface area contributed by atoms with Crippen molar-refractivity contribution in [2.75, 3.05) is 34.0 Å². The molecular formula is C31H37NO7. The molecule has 0 amide bonds. The largest absolute Gasteiger partial charge is 0.498 e. The number of aliphatic carboxylic acids is 1. The Kier molecular flexibility index (Phi) is 10.4. The van der Waals surface area contributed by atoms with Crippen LogP contribution in [-0.4, -0.2) is 55.8 Å². The Hall–Kier alpha value is -4.01. The molecule has 1 aliphatic heterocycles. The van der Waals surface area contributed by atoms with Crippen molar-refractivity contribution >= 4 is 23.7 Å². The summed E-state index contributed by atoms with van der Waals surface area (Å²) >= 11 is 0. The van der Waals surface area contributed by atoms with E-state index in [1.807, 2.05) is 55.5 Å². The van der Waals surface area contributed by atoms with Gasteiger partial charge in [-0.1, -0.05) is 36.4 Å². The minimum absolute atomic E-state index is 0.131. The molecule has 0 bridgehead atoms. The van der Waals surface area contributed by atoms with Crippen molar-refractivity contribution in [2.45, 2.75) is 32.9 Å². The minimum atomic E-state index is -1.50. The highest BCUT2D eigenvalue weighted by atomic mass is 16.5. The van der Waals surface area contributed by atoms with Crippen LogP contribution in [0.3, 0.4) is 0 Å². The number of allylic oxidation sites excluding steroid dienone is 5. The predicted octanol–water partition coefficient (Wildman–Crippen LogP) is 4.96. The number of carbonyl (C=O) groups is 1. The summed E-state index contributed by atoms with van der Waals surface area (Å²) < 4.78 is 22.4. The Bertz CT molecular complexity index is 1270. The fraction of sp³-hybridized carbons (Fsp3) is 0.323. The Morgan fingerprint density at radius 1 is 1.13 bits per heavy atom. The molecule has 208 valence electrons. The number of ether oxygens (including phenoxy) is 4. The molecule has 0 aliphatic carbocycles. The number of hydrogen-bond donors (Lipinski definition) is 3. The highest BCUT2D eigenvalue weighted by Crippen LogP contribution is 2.32. The number of aliphatic hydroxyl groups is 1. The molecule has 3 N–H and O–H groups in total. The minimum Gasteiger partial charge on any atom is -0.498 e. The van der Waals surface area contributed by atoms with Crippen molar-refractivity contribution < 1.29 is 34.0 Å². The van der Waals surface area contributed by atoms with Gasteiger partial charge >= 0.3 is 5.97 Å². The van der Waals surface area contributed by atoms with Gasteiger partial charge in [-0.15, -0.1) is 0 Å². The second-order valence-corrected chi connectivity index (χ2v) is 9.33. The third kappa shape index (κ3) is 7.52. The summed E-state index contributed by atoms with van der Waals surface area (Å²) in [5.74, 6) is 0.749. The lowest BCUT2D eigenvalue weighted by molar-refractivity contribution is -0.145. The number of hydrogen-bond acceptors (Lipinski definition) is 7. The van der Waals surface area contributed by atoms with Crippen molar-refractivity contribution in [3.63, 3.8) is 0 Å². The van der Waals surface area contributed by atoms with Crippen molar-refractivity contribution in [3.05, 3.63) is 88.4 Å². The molecule has 0 saturated heterocycles. The first-order valence-corrected chi connectivity index (χ1v) is 12.6. The first kappa shape index (κ1) is 29.5. The van der Waals surface area contributed by atoms with Crippen LogP contribution >= 0.6 is 0 Å². The molecule has 0 spiro atoms. The highest BCUT2D eigenvalue weighted by Gasteiger charge is 2.32. The van der Waals surface area contributed by atoms with Crippen LogP contribution < -0.4 is 14.8 Å². The molecule has 8 heteroatoms.